The summed E-state index contributed by atoms with van der Waals surface area (Å²) in [4.78, 5) is 25.8. The zero-order chi connectivity index (χ0) is 17.5. The van der Waals surface area contributed by atoms with Crippen molar-refractivity contribution in [2.75, 3.05) is 12.9 Å². The summed E-state index contributed by atoms with van der Waals surface area (Å²) in [7, 11) is -4.70. The Labute approximate surface area is 140 Å². The van der Waals surface area contributed by atoms with E-state index in [-0.39, 0.29) is 0 Å². The van der Waals surface area contributed by atoms with Gasteiger partial charge in [0.15, 0.2) is 6.23 Å². The second-order valence-electron chi connectivity index (χ2n) is 5.18. The van der Waals surface area contributed by atoms with Crippen molar-refractivity contribution in [3.63, 3.8) is 0 Å². The Balaban J connectivity index is 1.86. The third-order valence-corrected chi connectivity index (χ3v) is 4.88. The predicted octanol–water partition coefficient (Wildman–Crippen LogP) is -0.118. The fourth-order valence-corrected chi connectivity index (χ4v) is 3.46. The van der Waals surface area contributed by atoms with E-state index in [0.29, 0.717) is 5.65 Å². The average molecular weight is 377 g/mol. The Morgan fingerprint density at radius 3 is 2.79 bits per heavy atom. The summed E-state index contributed by atoms with van der Waals surface area (Å²) in [6.07, 6.45) is 0.186. The minimum atomic E-state index is -4.70. The number of hydrogen-bond donors (Lipinski definition) is 4. The van der Waals surface area contributed by atoms with Gasteiger partial charge in [0.2, 0.25) is 0 Å². The van der Waals surface area contributed by atoms with Crippen molar-refractivity contribution >= 4 is 30.6 Å². The number of ether oxygens (including phenoxy) is 1. The lowest BCUT2D eigenvalue weighted by atomic mass is 10.1. The van der Waals surface area contributed by atoms with Gasteiger partial charge in [-0.05, 0) is 12.3 Å². The second kappa shape index (κ2) is 6.70. The zero-order valence-electron chi connectivity index (χ0n) is 12.5. The number of aliphatic hydroxyl groups excluding tert-OH is 2. The van der Waals surface area contributed by atoms with Gasteiger partial charge in [-0.25, -0.2) is 14.5 Å². The Hall–Kier alpha value is -1.04. The Bertz CT molecular complexity index is 781. The maximum atomic E-state index is 10.8. The largest absolute Gasteiger partial charge is 0.469 e. The van der Waals surface area contributed by atoms with Crippen molar-refractivity contribution in [3.8, 4) is 0 Å². The zero-order valence-corrected chi connectivity index (χ0v) is 14.2. The molecule has 12 heteroatoms. The molecular formula is C12H16N3O7PS. The van der Waals surface area contributed by atoms with Gasteiger partial charge in [-0.15, -0.1) is 11.8 Å². The van der Waals surface area contributed by atoms with E-state index in [4.69, 9.17) is 14.5 Å². The van der Waals surface area contributed by atoms with E-state index >= 15 is 0 Å². The van der Waals surface area contributed by atoms with Gasteiger partial charge in [0.1, 0.15) is 35.3 Å². The number of aromatic nitrogens is 3. The van der Waals surface area contributed by atoms with Crippen LogP contribution in [0.15, 0.2) is 23.6 Å². The van der Waals surface area contributed by atoms with E-state index < -0.39 is 39.0 Å². The molecule has 4 atom stereocenters. The molecule has 0 bridgehead atoms. The van der Waals surface area contributed by atoms with Gasteiger partial charge >= 0.3 is 7.82 Å². The molecule has 10 nitrogen and oxygen atoms in total. The topological polar surface area (TPSA) is 147 Å². The van der Waals surface area contributed by atoms with Crippen LogP contribution in [0.4, 0.5) is 0 Å². The van der Waals surface area contributed by atoms with Gasteiger partial charge in [-0.3, -0.25) is 4.52 Å². The number of hydrogen-bond acceptors (Lipinski definition) is 8. The van der Waals surface area contributed by atoms with Crippen LogP contribution in [0.25, 0.3) is 11.0 Å². The lowest BCUT2D eigenvalue weighted by Gasteiger charge is -2.17. The van der Waals surface area contributed by atoms with Crippen LogP contribution in [-0.2, 0) is 13.8 Å². The number of nitrogens with zero attached hydrogens (tertiary/aromatic N) is 3. The molecule has 4 N–H and O–H groups in total. The number of phosphoric acid groups is 1. The first kappa shape index (κ1) is 17.8. The van der Waals surface area contributed by atoms with Gasteiger partial charge < -0.3 is 29.3 Å². The molecule has 0 saturated carbocycles. The van der Waals surface area contributed by atoms with Gasteiger partial charge in [0, 0.05) is 6.20 Å². The van der Waals surface area contributed by atoms with E-state index in [1.165, 1.54) is 18.1 Å². The molecule has 1 saturated heterocycles. The molecule has 0 amide bonds. The SMILES string of the molecule is CSc1ncnc2c1ccn2C1O[C@H](COP(=O)(O)O)[C@@H](O)[C@H]1O. The van der Waals surface area contributed by atoms with Crippen LogP contribution >= 0.6 is 19.6 Å². The van der Waals surface area contributed by atoms with Crippen molar-refractivity contribution < 1.29 is 33.8 Å². The van der Waals surface area contributed by atoms with E-state index in [0.717, 1.165) is 10.4 Å². The Kier molecular flexibility index (Phi) is 4.96. The maximum Gasteiger partial charge on any atom is 0.469 e. The lowest BCUT2D eigenvalue weighted by Crippen LogP contribution is -2.33. The fourth-order valence-electron chi connectivity index (χ4n) is 2.58. The molecule has 2 aromatic rings. The summed E-state index contributed by atoms with van der Waals surface area (Å²) >= 11 is 1.44. The number of fused-ring (bicyclic) bond motifs is 1. The highest BCUT2D eigenvalue weighted by atomic mass is 32.2. The van der Waals surface area contributed by atoms with Crippen LogP contribution in [0.3, 0.4) is 0 Å². The van der Waals surface area contributed by atoms with Crippen LogP contribution in [0, 0.1) is 0 Å². The molecule has 1 aliphatic heterocycles. The monoisotopic (exact) mass is 377 g/mol. The quantitative estimate of drug-likeness (QED) is 0.316. The van der Waals surface area contributed by atoms with Crippen LogP contribution in [-0.4, -0.2) is 65.7 Å². The van der Waals surface area contributed by atoms with E-state index in [2.05, 4.69) is 14.5 Å². The van der Waals surface area contributed by atoms with E-state index in [9.17, 15) is 14.8 Å². The molecule has 3 rings (SSSR count). The van der Waals surface area contributed by atoms with Crippen molar-refractivity contribution in [2.24, 2.45) is 0 Å². The summed E-state index contributed by atoms with van der Waals surface area (Å²) in [5.74, 6) is 0. The van der Waals surface area contributed by atoms with Crippen LogP contribution < -0.4 is 0 Å². The highest BCUT2D eigenvalue weighted by Gasteiger charge is 2.44. The Morgan fingerprint density at radius 2 is 2.12 bits per heavy atom. The summed E-state index contributed by atoms with van der Waals surface area (Å²) in [5, 5.41) is 21.8. The first-order valence-corrected chi connectivity index (χ1v) is 9.64. The molecule has 24 heavy (non-hydrogen) atoms. The van der Waals surface area contributed by atoms with Crippen molar-refractivity contribution in [2.45, 2.75) is 29.6 Å². The summed E-state index contributed by atoms with van der Waals surface area (Å²) in [6.45, 7) is -0.552. The van der Waals surface area contributed by atoms with Crippen LogP contribution in [0.1, 0.15) is 6.23 Å². The Morgan fingerprint density at radius 1 is 1.38 bits per heavy atom. The molecule has 0 radical (unpaired) electrons. The standard InChI is InChI=1S/C12H16N3O7PS/c1-24-11-6-2-3-15(10(6)13-5-14-11)12-9(17)8(16)7(22-12)4-21-23(18,19)20/h2-3,5,7-9,12,16-17H,4H2,1H3,(H2,18,19,20)/t7-,8-,9-,12?/m1/s1. The lowest BCUT2D eigenvalue weighted by molar-refractivity contribution is -0.0501. The molecule has 2 aromatic heterocycles. The molecule has 132 valence electrons. The molecule has 1 aliphatic rings. The molecule has 1 unspecified atom stereocenters. The second-order valence-corrected chi connectivity index (χ2v) is 7.21. The first-order valence-electron chi connectivity index (χ1n) is 6.89. The normalized spacial score (nSPS) is 27.9. The summed E-state index contributed by atoms with van der Waals surface area (Å²) in [6, 6.07) is 1.77. The van der Waals surface area contributed by atoms with Crippen molar-refractivity contribution in [1.29, 1.82) is 0 Å². The number of rotatable bonds is 5. The average Bonchev–Trinajstić information content (AvgIpc) is 3.07. The predicted molar refractivity (Wildman–Crippen MR) is 83.2 cm³/mol. The van der Waals surface area contributed by atoms with Crippen LogP contribution in [0.2, 0.25) is 0 Å². The third kappa shape index (κ3) is 3.35. The molecular weight excluding hydrogens is 361 g/mol. The van der Waals surface area contributed by atoms with Crippen LogP contribution in [0.5, 0.6) is 0 Å². The number of aliphatic hydroxyl groups is 2. The highest BCUT2D eigenvalue weighted by Crippen LogP contribution is 2.39. The summed E-state index contributed by atoms with van der Waals surface area (Å²) in [5.41, 5.74) is 0.516. The fraction of sp³-hybridized carbons (Fsp3) is 0.500. The smallest absolute Gasteiger partial charge is 0.387 e. The van der Waals surface area contributed by atoms with Crippen molar-refractivity contribution in [3.05, 3.63) is 18.6 Å². The third-order valence-electron chi connectivity index (χ3n) is 3.68. The molecule has 0 aromatic carbocycles. The molecule has 0 aliphatic carbocycles. The van der Waals surface area contributed by atoms with E-state index in [1.807, 2.05) is 6.26 Å². The number of thioether (sulfide) groups is 1. The summed E-state index contributed by atoms with van der Waals surface area (Å²) < 4.78 is 22.2. The first-order chi connectivity index (χ1) is 11.3. The minimum absolute atomic E-state index is 0.516. The number of phosphoric ester groups is 1. The molecule has 0 spiro atoms. The molecule has 1 fully saturated rings. The van der Waals surface area contributed by atoms with Gasteiger partial charge in [-0.1, -0.05) is 0 Å². The highest BCUT2D eigenvalue weighted by molar-refractivity contribution is 7.98. The van der Waals surface area contributed by atoms with Crippen molar-refractivity contribution in [1.82, 2.24) is 14.5 Å². The molecule has 3 heterocycles. The minimum Gasteiger partial charge on any atom is -0.387 e. The van der Waals surface area contributed by atoms with E-state index in [1.54, 1.807) is 16.8 Å². The van der Waals surface area contributed by atoms with Gasteiger partial charge in [0.05, 0.1) is 12.0 Å². The van der Waals surface area contributed by atoms with Gasteiger partial charge in [-0.2, -0.15) is 0 Å². The van der Waals surface area contributed by atoms with Gasteiger partial charge in [0.25, 0.3) is 0 Å². The maximum absolute atomic E-state index is 10.8.